The molecule has 0 spiro atoms. The minimum atomic E-state index is 0.0933. The van der Waals surface area contributed by atoms with Gasteiger partial charge in [-0.3, -0.25) is 14.8 Å². The maximum absolute atomic E-state index is 12.5. The highest BCUT2D eigenvalue weighted by Gasteiger charge is 2.35. The molecule has 9 heteroatoms. The molecule has 2 N–H and O–H groups in total. The molecule has 1 aromatic rings. The van der Waals surface area contributed by atoms with Crippen molar-refractivity contribution in [2.75, 3.05) is 58.3 Å². The molecule has 3 rings (SSSR count). The predicted octanol–water partition coefficient (Wildman–Crippen LogP) is -0.142. The highest BCUT2D eigenvalue weighted by molar-refractivity contribution is 7.99. The minimum Gasteiger partial charge on any atom is -0.396 e. The van der Waals surface area contributed by atoms with Gasteiger partial charge in [-0.2, -0.15) is 0 Å². The van der Waals surface area contributed by atoms with E-state index in [1.807, 2.05) is 11.8 Å². The lowest BCUT2D eigenvalue weighted by Crippen LogP contribution is -2.41. The third-order valence-electron chi connectivity index (χ3n) is 4.93. The van der Waals surface area contributed by atoms with E-state index >= 15 is 0 Å². The van der Waals surface area contributed by atoms with E-state index in [1.54, 1.807) is 0 Å². The van der Waals surface area contributed by atoms with Crippen LogP contribution in [-0.4, -0.2) is 94.3 Å². The van der Waals surface area contributed by atoms with E-state index < -0.39 is 0 Å². The molecule has 0 saturated carbocycles. The molecule has 2 aliphatic heterocycles. The van der Waals surface area contributed by atoms with Gasteiger partial charge in [0, 0.05) is 51.7 Å². The molecule has 1 amide bonds. The molecule has 2 aliphatic rings. The molecule has 1 aromatic heterocycles. The zero-order chi connectivity index (χ0) is 17.6. The summed E-state index contributed by atoms with van der Waals surface area (Å²) in [5.41, 5.74) is 0. The highest BCUT2D eigenvalue weighted by Crippen LogP contribution is 2.25. The molecular weight excluding hydrogens is 342 g/mol. The van der Waals surface area contributed by atoms with Gasteiger partial charge < -0.3 is 14.7 Å². The Balaban J connectivity index is 1.49. The fraction of sp³-hybridized carbons (Fsp3) is 0.812. The Morgan fingerprint density at radius 3 is 2.80 bits per heavy atom. The summed E-state index contributed by atoms with van der Waals surface area (Å²) < 4.78 is 5.39. The molecule has 140 valence electrons. The number of thioether (sulfide) groups is 1. The molecule has 0 aliphatic carbocycles. The van der Waals surface area contributed by atoms with Crippen LogP contribution in [0.1, 0.15) is 12.7 Å². The number of aryl methyl sites for hydroxylation is 1. The zero-order valence-corrected chi connectivity index (χ0v) is 15.5. The summed E-state index contributed by atoms with van der Waals surface area (Å²) in [7, 11) is 0. The van der Waals surface area contributed by atoms with E-state index in [2.05, 4.69) is 20.1 Å². The third kappa shape index (κ3) is 4.93. The number of aromatic amines is 1. The first-order valence-electron chi connectivity index (χ1n) is 8.92. The molecular formula is C16H27N5O3S. The lowest BCUT2D eigenvalue weighted by Gasteiger charge is -2.30. The van der Waals surface area contributed by atoms with E-state index in [0.717, 1.165) is 51.6 Å². The minimum absolute atomic E-state index is 0.0933. The quantitative estimate of drug-likeness (QED) is 0.646. The van der Waals surface area contributed by atoms with E-state index in [4.69, 9.17) is 4.74 Å². The Hall–Kier alpha value is -1.16. The number of aliphatic hydroxyl groups excluding tert-OH is 1. The van der Waals surface area contributed by atoms with E-state index in [0.29, 0.717) is 23.4 Å². The standard InChI is InChI=1S/C16H27N5O3S/c1-2-14-17-16(19-18-14)25-11-15(23)21-8-12(13(9-21)10-22)7-20-3-5-24-6-4-20/h12-13,22H,2-11H2,1H3,(H,17,18,19). The number of amides is 1. The molecule has 25 heavy (non-hydrogen) atoms. The van der Waals surface area contributed by atoms with Crippen LogP contribution in [0.3, 0.4) is 0 Å². The molecule has 0 radical (unpaired) electrons. The summed E-state index contributed by atoms with van der Waals surface area (Å²) in [6.07, 6.45) is 0.801. The number of aliphatic hydroxyl groups is 1. The molecule has 2 atom stereocenters. The van der Waals surface area contributed by atoms with Crippen LogP contribution in [0.2, 0.25) is 0 Å². The van der Waals surface area contributed by atoms with Crippen molar-refractivity contribution in [3.63, 3.8) is 0 Å². The Kier molecular flexibility index (Phi) is 6.69. The maximum atomic E-state index is 12.5. The summed E-state index contributed by atoms with van der Waals surface area (Å²) in [5.74, 6) is 1.75. The average molecular weight is 369 g/mol. The number of aromatic nitrogens is 3. The van der Waals surface area contributed by atoms with Crippen molar-refractivity contribution in [3.8, 4) is 0 Å². The first kappa shape index (κ1) is 18.6. The van der Waals surface area contributed by atoms with Crippen LogP contribution < -0.4 is 0 Å². The van der Waals surface area contributed by atoms with Crippen molar-refractivity contribution in [1.82, 2.24) is 25.0 Å². The van der Waals surface area contributed by atoms with Crippen LogP contribution in [-0.2, 0) is 16.0 Å². The number of hydrogen-bond donors (Lipinski definition) is 2. The van der Waals surface area contributed by atoms with Gasteiger partial charge >= 0.3 is 0 Å². The van der Waals surface area contributed by atoms with Crippen molar-refractivity contribution < 1.29 is 14.6 Å². The normalized spacial score (nSPS) is 24.8. The van der Waals surface area contributed by atoms with Gasteiger partial charge in [-0.15, -0.1) is 5.10 Å². The topological polar surface area (TPSA) is 94.6 Å². The monoisotopic (exact) mass is 369 g/mol. The third-order valence-corrected chi connectivity index (χ3v) is 5.76. The largest absolute Gasteiger partial charge is 0.396 e. The first-order valence-corrected chi connectivity index (χ1v) is 9.91. The second kappa shape index (κ2) is 8.98. The summed E-state index contributed by atoms with van der Waals surface area (Å²) in [4.78, 5) is 21.1. The fourth-order valence-electron chi connectivity index (χ4n) is 3.39. The fourth-order valence-corrected chi connectivity index (χ4v) is 4.11. The van der Waals surface area contributed by atoms with E-state index in [-0.39, 0.29) is 18.4 Å². The maximum Gasteiger partial charge on any atom is 0.233 e. The summed E-state index contributed by atoms with van der Waals surface area (Å²) in [5, 5.41) is 17.3. The number of morpholine rings is 1. The first-order chi connectivity index (χ1) is 12.2. The Labute approximate surface area is 152 Å². The van der Waals surface area contributed by atoms with E-state index in [9.17, 15) is 9.90 Å². The second-order valence-electron chi connectivity index (χ2n) is 6.62. The van der Waals surface area contributed by atoms with Crippen molar-refractivity contribution in [3.05, 3.63) is 5.82 Å². The average Bonchev–Trinajstić information content (AvgIpc) is 3.27. The number of hydrogen-bond acceptors (Lipinski definition) is 7. The van der Waals surface area contributed by atoms with Gasteiger partial charge in [-0.05, 0) is 5.92 Å². The van der Waals surface area contributed by atoms with Gasteiger partial charge in [0.1, 0.15) is 5.82 Å². The molecule has 2 unspecified atom stereocenters. The van der Waals surface area contributed by atoms with Crippen LogP contribution in [0.5, 0.6) is 0 Å². The Bertz CT molecular complexity index is 564. The Morgan fingerprint density at radius 1 is 1.36 bits per heavy atom. The lowest BCUT2D eigenvalue weighted by molar-refractivity contribution is -0.127. The van der Waals surface area contributed by atoms with Crippen LogP contribution in [0, 0.1) is 11.8 Å². The number of nitrogens with zero attached hydrogens (tertiary/aromatic N) is 4. The summed E-state index contributed by atoms with van der Waals surface area (Å²) >= 11 is 1.36. The van der Waals surface area contributed by atoms with Crippen LogP contribution in [0.15, 0.2) is 5.16 Å². The van der Waals surface area contributed by atoms with Crippen LogP contribution in [0.4, 0.5) is 0 Å². The smallest absolute Gasteiger partial charge is 0.233 e. The number of nitrogens with one attached hydrogen (secondary N) is 1. The van der Waals surface area contributed by atoms with Gasteiger partial charge in [0.05, 0.1) is 19.0 Å². The van der Waals surface area contributed by atoms with Gasteiger partial charge in [-0.25, -0.2) is 4.98 Å². The summed E-state index contributed by atoms with van der Waals surface area (Å²) in [6.45, 7) is 7.83. The van der Waals surface area contributed by atoms with E-state index in [1.165, 1.54) is 11.8 Å². The predicted molar refractivity (Wildman–Crippen MR) is 94.4 cm³/mol. The highest BCUT2D eigenvalue weighted by atomic mass is 32.2. The molecule has 2 saturated heterocycles. The van der Waals surface area contributed by atoms with Crippen LogP contribution >= 0.6 is 11.8 Å². The number of rotatable bonds is 7. The number of carbonyl (C=O) groups excluding carboxylic acids is 1. The number of carbonyl (C=O) groups is 1. The Morgan fingerprint density at radius 2 is 2.12 bits per heavy atom. The van der Waals surface area contributed by atoms with Gasteiger partial charge in [0.2, 0.25) is 11.1 Å². The van der Waals surface area contributed by atoms with Gasteiger partial charge in [0.15, 0.2) is 0 Å². The summed E-state index contributed by atoms with van der Waals surface area (Å²) in [6, 6.07) is 0. The number of H-pyrrole nitrogens is 1. The van der Waals surface area contributed by atoms with Crippen molar-refractivity contribution in [2.24, 2.45) is 11.8 Å². The van der Waals surface area contributed by atoms with Crippen molar-refractivity contribution in [1.29, 1.82) is 0 Å². The lowest BCUT2D eigenvalue weighted by atomic mass is 9.96. The molecule has 2 fully saturated rings. The SMILES string of the molecule is CCc1nc(SCC(=O)N2CC(CO)C(CN3CCOCC3)C2)n[nH]1. The number of likely N-dealkylation sites (tertiary alicyclic amines) is 1. The van der Waals surface area contributed by atoms with Crippen molar-refractivity contribution in [2.45, 2.75) is 18.5 Å². The van der Waals surface area contributed by atoms with Gasteiger partial charge in [-0.1, -0.05) is 18.7 Å². The number of ether oxygens (including phenoxy) is 1. The zero-order valence-electron chi connectivity index (χ0n) is 14.7. The molecule has 3 heterocycles. The second-order valence-corrected chi connectivity index (χ2v) is 7.56. The molecule has 0 bridgehead atoms. The molecule has 0 aromatic carbocycles. The van der Waals surface area contributed by atoms with Crippen LogP contribution in [0.25, 0.3) is 0 Å². The van der Waals surface area contributed by atoms with Gasteiger partial charge in [0.25, 0.3) is 0 Å². The van der Waals surface area contributed by atoms with Crippen molar-refractivity contribution >= 4 is 17.7 Å². The molecule has 8 nitrogen and oxygen atoms in total.